The van der Waals surface area contributed by atoms with Crippen LogP contribution in [0, 0.1) is 24.5 Å². The second-order valence-electron chi connectivity index (χ2n) is 4.94. The van der Waals surface area contributed by atoms with E-state index < -0.39 is 11.6 Å². The number of nitrogens with one attached hydrogen (secondary N) is 1. The normalized spacial score (nSPS) is 11.7. The molecule has 2 rings (SSSR count). The standard InChI is InChI=1S/C14H17F2NS/c1-8(2)6-17-7-13-9(3)11-4-10(15)5-12(16)14(11)18-13/h4-5,8,17H,6-7H2,1-3H3. The molecule has 0 radical (unpaired) electrons. The van der Waals surface area contributed by atoms with Gasteiger partial charge in [-0.3, -0.25) is 0 Å². The molecule has 0 amide bonds. The van der Waals surface area contributed by atoms with Crippen LogP contribution in [0.1, 0.15) is 24.3 Å². The van der Waals surface area contributed by atoms with Crippen LogP contribution in [0.5, 0.6) is 0 Å². The van der Waals surface area contributed by atoms with E-state index in [-0.39, 0.29) is 0 Å². The minimum Gasteiger partial charge on any atom is -0.312 e. The smallest absolute Gasteiger partial charge is 0.143 e. The lowest BCUT2D eigenvalue weighted by Gasteiger charge is -2.06. The molecule has 1 heterocycles. The molecule has 0 saturated carbocycles. The van der Waals surface area contributed by atoms with Crippen LogP contribution in [0.4, 0.5) is 8.78 Å². The maximum Gasteiger partial charge on any atom is 0.143 e. The van der Waals surface area contributed by atoms with Gasteiger partial charge in [-0.1, -0.05) is 13.8 Å². The van der Waals surface area contributed by atoms with Crippen LogP contribution in [-0.2, 0) is 6.54 Å². The Labute approximate surface area is 110 Å². The van der Waals surface area contributed by atoms with Crippen molar-refractivity contribution in [1.29, 1.82) is 0 Å². The topological polar surface area (TPSA) is 12.0 Å². The Kier molecular flexibility index (Phi) is 3.97. The molecular weight excluding hydrogens is 252 g/mol. The number of halogens is 2. The van der Waals surface area contributed by atoms with Gasteiger partial charge in [0.05, 0.1) is 4.70 Å². The van der Waals surface area contributed by atoms with Gasteiger partial charge < -0.3 is 5.32 Å². The molecule has 98 valence electrons. The van der Waals surface area contributed by atoms with Gasteiger partial charge in [-0.25, -0.2) is 8.78 Å². The highest BCUT2D eigenvalue weighted by atomic mass is 32.1. The Morgan fingerprint density at radius 3 is 2.67 bits per heavy atom. The zero-order valence-corrected chi connectivity index (χ0v) is 11.6. The van der Waals surface area contributed by atoms with Crippen molar-refractivity contribution < 1.29 is 8.78 Å². The lowest BCUT2D eigenvalue weighted by molar-refractivity contribution is 0.554. The minimum absolute atomic E-state index is 0.465. The molecule has 1 aromatic carbocycles. The van der Waals surface area contributed by atoms with Crippen molar-refractivity contribution in [3.05, 3.63) is 34.2 Å². The van der Waals surface area contributed by atoms with Gasteiger partial charge in [0.2, 0.25) is 0 Å². The summed E-state index contributed by atoms with van der Waals surface area (Å²) >= 11 is 1.41. The van der Waals surface area contributed by atoms with E-state index in [9.17, 15) is 8.78 Å². The van der Waals surface area contributed by atoms with Crippen LogP contribution in [0.3, 0.4) is 0 Å². The molecule has 0 unspecified atom stereocenters. The van der Waals surface area contributed by atoms with Crippen LogP contribution >= 0.6 is 11.3 Å². The average Bonchev–Trinajstić information content (AvgIpc) is 2.57. The van der Waals surface area contributed by atoms with E-state index in [1.807, 2.05) is 6.92 Å². The van der Waals surface area contributed by atoms with E-state index in [0.717, 1.165) is 23.1 Å². The lowest BCUT2D eigenvalue weighted by Crippen LogP contribution is -2.18. The maximum atomic E-state index is 13.6. The number of benzene rings is 1. The van der Waals surface area contributed by atoms with Gasteiger partial charge >= 0.3 is 0 Å². The van der Waals surface area contributed by atoms with Crippen LogP contribution in [-0.4, -0.2) is 6.54 Å². The van der Waals surface area contributed by atoms with Crippen molar-refractivity contribution in [3.8, 4) is 0 Å². The molecule has 0 atom stereocenters. The maximum absolute atomic E-state index is 13.6. The van der Waals surface area contributed by atoms with Crippen molar-refractivity contribution in [2.24, 2.45) is 5.92 Å². The highest BCUT2D eigenvalue weighted by Crippen LogP contribution is 2.33. The van der Waals surface area contributed by atoms with Gasteiger partial charge in [0.1, 0.15) is 11.6 Å². The molecule has 1 aromatic heterocycles. The van der Waals surface area contributed by atoms with Gasteiger partial charge in [-0.2, -0.15) is 0 Å². The molecular formula is C14H17F2NS. The Balaban J connectivity index is 2.30. The minimum atomic E-state index is -0.511. The molecule has 2 aromatic rings. The van der Waals surface area contributed by atoms with Gasteiger partial charge in [0.15, 0.2) is 0 Å². The summed E-state index contributed by atoms with van der Waals surface area (Å²) in [6.07, 6.45) is 0. The molecule has 0 spiro atoms. The van der Waals surface area contributed by atoms with Crippen molar-refractivity contribution >= 4 is 21.4 Å². The second-order valence-corrected chi connectivity index (χ2v) is 6.04. The fourth-order valence-corrected chi connectivity index (χ4v) is 3.10. The fraction of sp³-hybridized carbons (Fsp3) is 0.429. The van der Waals surface area contributed by atoms with E-state index in [1.54, 1.807) is 0 Å². The Hall–Kier alpha value is -1.00. The summed E-state index contributed by atoms with van der Waals surface area (Å²) in [5.41, 5.74) is 0.977. The summed E-state index contributed by atoms with van der Waals surface area (Å²) in [4.78, 5) is 1.08. The summed E-state index contributed by atoms with van der Waals surface area (Å²) in [7, 11) is 0. The predicted octanol–water partition coefficient (Wildman–Crippen LogP) is 4.23. The van der Waals surface area contributed by atoms with Gasteiger partial charge in [-0.05, 0) is 31.0 Å². The van der Waals surface area contributed by atoms with Crippen molar-refractivity contribution in [3.63, 3.8) is 0 Å². The Morgan fingerprint density at radius 1 is 1.28 bits per heavy atom. The first-order valence-corrected chi connectivity index (χ1v) is 6.88. The first-order chi connectivity index (χ1) is 8.49. The predicted molar refractivity (Wildman–Crippen MR) is 73.0 cm³/mol. The third-order valence-corrected chi connectivity index (χ3v) is 4.21. The number of hydrogen-bond donors (Lipinski definition) is 1. The fourth-order valence-electron chi connectivity index (χ4n) is 1.94. The SMILES string of the molecule is Cc1c(CNCC(C)C)sc2c(F)cc(F)cc12. The largest absolute Gasteiger partial charge is 0.312 e. The molecule has 4 heteroatoms. The molecule has 18 heavy (non-hydrogen) atoms. The lowest BCUT2D eigenvalue weighted by atomic mass is 10.1. The average molecular weight is 269 g/mol. The van der Waals surface area contributed by atoms with E-state index >= 15 is 0 Å². The Bertz CT molecular complexity index is 560. The summed E-state index contributed by atoms with van der Waals surface area (Å²) in [6.45, 7) is 7.83. The highest BCUT2D eigenvalue weighted by molar-refractivity contribution is 7.19. The second kappa shape index (κ2) is 5.33. The van der Waals surface area contributed by atoms with Crippen LogP contribution in [0.25, 0.3) is 10.1 Å². The monoisotopic (exact) mass is 269 g/mol. The quantitative estimate of drug-likeness (QED) is 0.875. The first kappa shape index (κ1) is 13.4. The number of aryl methyl sites for hydroxylation is 1. The summed E-state index contributed by atoms with van der Waals surface area (Å²) < 4.78 is 27.4. The molecule has 0 aliphatic carbocycles. The van der Waals surface area contributed by atoms with Crippen LogP contribution < -0.4 is 5.32 Å². The van der Waals surface area contributed by atoms with E-state index in [1.165, 1.54) is 17.4 Å². The summed E-state index contributed by atoms with van der Waals surface area (Å²) in [5, 5.41) is 4.02. The van der Waals surface area contributed by atoms with Crippen LogP contribution in [0.2, 0.25) is 0 Å². The van der Waals surface area contributed by atoms with Gasteiger partial charge in [0, 0.05) is 22.9 Å². The van der Waals surface area contributed by atoms with Crippen molar-refractivity contribution in [2.75, 3.05) is 6.54 Å². The third kappa shape index (κ3) is 2.70. The zero-order chi connectivity index (χ0) is 13.3. The molecule has 1 nitrogen and oxygen atoms in total. The van der Waals surface area contributed by atoms with Gasteiger partial charge in [-0.15, -0.1) is 11.3 Å². The first-order valence-electron chi connectivity index (χ1n) is 6.06. The molecule has 0 saturated heterocycles. The van der Waals surface area contributed by atoms with Crippen molar-refractivity contribution in [1.82, 2.24) is 5.32 Å². The van der Waals surface area contributed by atoms with E-state index in [4.69, 9.17) is 0 Å². The molecule has 0 aliphatic rings. The number of thiophene rings is 1. The number of hydrogen-bond acceptors (Lipinski definition) is 2. The number of fused-ring (bicyclic) bond motifs is 1. The van der Waals surface area contributed by atoms with Crippen LogP contribution in [0.15, 0.2) is 12.1 Å². The molecule has 0 aliphatic heterocycles. The molecule has 0 fully saturated rings. The zero-order valence-electron chi connectivity index (χ0n) is 10.8. The van der Waals surface area contributed by atoms with E-state index in [2.05, 4.69) is 19.2 Å². The van der Waals surface area contributed by atoms with Gasteiger partial charge in [0.25, 0.3) is 0 Å². The van der Waals surface area contributed by atoms with E-state index in [0.29, 0.717) is 22.5 Å². The summed E-state index contributed by atoms with van der Waals surface area (Å²) in [5.74, 6) is -0.398. The Morgan fingerprint density at radius 2 is 2.00 bits per heavy atom. The molecule has 0 bridgehead atoms. The highest BCUT2D eigenvalue weighted by Gasteiger charge is 2.13. The third-order valence-electron chi connectivity index (χ3n) is 2.89. The summed E-state index contributed by atoms with van der Waals surface area (Å²) in [6, 6.07) is 2.36. The van der Waals surface area contributed by atoms with Crippen molar-refractivity contribution in [2.45, 2.75) is 27.3 Å². The number of rotatable bonds is 4. The molecule has 1 N–H and O–H groups in total.